The lowest BCUT2D eigenvalue weighted by atomic mass is 9.95. The molecule has 70 valence electrons. The molecule has 3 heteroatoms. The lowest BCUT2D eigenvalue weighted by Crippen LogP contribution is -1.97. The summed E-state index contributed by atoms with van der Waals surface area (Å²) in [5.74, 6) is 0.236. The first-order chi connectivity index (χ1) is 6.81. The molecule has 0 amide bonds. The Balaban J connectivity index is 2.86. The van der Waals surface area contributed by atoms with E-state index >= 15 is 0 Å². The van der Waals surface area contributed by atoms with E-state index in [1.165, 1.54) is 0 Å². The summed E-state index contributed by atoms with van der Waals surface area (Å²) >= 11 is 0. The summed E-state index contributed by atoms with van der Waals surface area (Å²) < 4.78 is 0. The van der Waals surface area contributed by atoms with Gasteiger partial charge in [0.1, 0.15) is 11.8 Å². The predicted molar refractivity (Wildman–Crippen MR) is 52.2 cm³/mol. The van der Waals surface area contributed by atoms with E-state index in [1.807, 2.05) is 19.1 Å². The second-order valence-electron chi connectivity index (χ2n) is 3.06. The smallest absolute Gasteiger partial charge is 0.140 e. The average Bonchev–Trinajstić information content (AvgIpc) is 2.26. The van der Waals surface area contributed by atoms with Gasteiger partial charge in [0.25, 0.3) is 0 Å². The highest BCUT2D eigenvalue weighted by atomic mass is 14.7. The van der Waals surface area contributed by atoms with E-state index in [0.717, 1.165) is 12.0 Å². The molecule has 0 saturated heterocycles. The predicted octanol–water partition coefficient (Wildman–Crippen LogP) is 2.36. The minimum Gasteiger partial charge on any atom is -0.245 e. The van der Waals surface area contributed by atoms with Crippen LogP contribution in [0.1, 0.15) is 36.9 Å². The fraction of sp³-hybridized carbons (Fsp3) is 0.364. The van der Waals surface area contributed by atoms with Gasteiger partial charge in [-0.3, -0.25) is 0 Å². The van der Waals surface area contributed by atoms with Crippen LogP contribution in [0.3, 0.4) is 0 Å². The lowest BCUT2D eigenvalue weighted by molar-refractivity contribution is 0.677. The van der Waals surface area contributed by atoms with E-state index in [0.29, 0.717) is 12.1 Å². The van der Waals surface area contributed by atoms with Gasteiger partial charge in [-0.15, -0.1) is 0 Å². The van der Waals surface area contributed by atoms with Gasteiger partial charge in [-0.05, 0) is 24.0 Å². The summed E-state index contributed by atoms with van der Waals surface area (Å²) in [7, 11) is 0. The quantitative estimate of drug-likeness (QED) is 0.726. The van der Waals surface area contributed by atoms with Crippen LogP contribution in [0.25, 0.3) is 0 Å². The molecular formula is C11H11N3. The van der Waals surface area contributed by atoms with Gasteiger partial charge in [-0.2, -0.15) is 10.5 Å². The molecule has 0 aliphatic heterocycles. The first kappa shape index (κ1) is 10.2. The van der Waals surface area contributed by atoms with E-state index in [4.69, 9.17) is 10.5 Å². The Morgan fingerprint density at radius 2 is 2.21 bits per heavy atom. The van der Waals surface area contributed by atoms with Crippen LogP contribution in [-0.4, -0.2) is 4.98 Å². The normalized spacial score (nSPS) is 11.4. The first-order valence-corrected chi connectivity index (χ1v) is 4.54. The maximum atomic E-state index is 8.61. The number of hydrogen-bond donors (Lipinski definition) is 0. The van der Waals surface area contributed by atoms with E-state index < -0.39 is 0 Å². The fourth-order valence-electron chi connectivity index (χ4n) is 1.32. The molecule has 0 aliphatic rings. The Morgan fingerprint density at radius 1 is 1.43 bits per heavy atom. The van der Waals surface area contributed by atoms with Crippen LogP contribution < -0.4 is 0 Å². The molecule has 1 atom stereocenters. The molecular weight excluding hydrogens is 174 g/mol. The van der Waals surface area contributed by atoms with Crippen molar-refractivity contribution in [1.82, 2.24) is 4.98 Å². The Kier molecular flexibility index (Phi) is 3.64. The van der Waals surface area contributed by atoms with Gasteiger partial charge in [0.05, 0.1) is 6.07 Å². The Labute approximate surface area is 83.6 Å². The van der Waals surface area contributed by atoms with Crippen molar-refractivity contribution in [2.24, 2.45) is 0 Å². The zero-order valence-electron chi connectivity index (χ0n) is 8.07. The van der Waals surface area contributed by atoms with Crippen LogP contribution in [0.2, 0.25) is 0 Å². The fourth-order valence-corrected chi connectivity index (χ4v) is 1.32. The lowest BCUT2D eigenvalue weighted by Gasteiger charge is -2.09. The molecule has 0 N–H and O–H groups in total. The van der Waals surface area contributed by atoms with E-state index in [1.54, 1.807) is 12.3 Å². The maximum absolute atomic E-state index is 8.61. The SMILES string of the molecule is CCC(CC#N)c1ccc(C#N)nc1. The van der Waals surface area contributed by atoms with Crippen molar-refractivity contribution < 1.29 is 0 Å². The van der Waals surface area contributed by atoms with Crippen LogP contribution in [0.15, 0.2) is 18.3 Å². The number of pyridine rings is 1. The number of nitriles is 2. The molecule has 1 unspecified atom stereocenters. The topological polar surface area (TPSA) is 60.5 Å². The Hall–Kier alpha value is -1.87. The number of hydrogen-bond acceptors (Lipinski definition) is 3. The van der Waals surface area contributed by atoms with Gasteiger partial charge in [0, 0.05) is 12.6 Å². The summed E-state index contributed by atoms with van der Waals surface area (Å²) in [5, 5.41) is 17.2. The van der Waals surface area contributed by atoms with E-state index in [9.17, 15) is 0 Å². The van der Waals surface area contributed by atoms with Gasteiger partial charge in [0.15, 0.2) is 0 Å². The third kappa shape index (κ3) is 2.31. The van der Waals surface area contributed by atoms with Crippen molar-refractivity contribution in [3.8, 4) is 12.1 Å². The molecule has 0 bridgehead atoms. The monoisotopic (exact) mass is 185 g/mol. The highest BCUT2D eigenvalue weighted by molar-refractivity contribution is 5.25. The summed E-state index contributed by atoms with van der Waals surface area (Å²) in [5.41, 5.74) is 1.45. The van der Waals surface area contributed by atoms with Crippen molar-refractivity contribution in [2.75, 3.05) is 0 Å². The zero-order chi connectivity index (χ0) is 10.4. The zero-order valence-corrected chi connectivity index (χ0v) is 8.07. The van der Waals surface area contributed by atoms with Crippen molar-refractivity contribution in [2.45, 2.75) is 25.7 Å². The molecule has 0 spiro atoms. The molecule has 0 saturated carbocycles. The summed E-state index contributed by atoms with van der Waals surface area (Å²) in [6, 6.07) is 7.68. The third-order valence-electron chi connectivity index (χ3n) is 2.20. The molecule has 1 heterocycles. The highest BCUT2D eigenvalue weighted by Gasteiger charge is 2.08. The van der Waals surface area contributed by atoms with Gasteiger partial charge in [0.2, 0.25) is 0 Å². The maximum Gasteiger partial charge on any atom is 0.140 e. The second kappa shape index (κ2) is 4.99. The van der Waals surface area contributed by atoms with Gasteiger partial charge in [-0.25, -0.2) is 4.98 Å². The van der Waals surface area contributed by atoms with Crippen molar-refractivity contribution >= 4 is 0 Å². The van der Waals surface area contributed by atoms with Crippen LogP contribution >= 0.6 is 0 Å². The summed E-state index contributed by atoms with van der Waals surface area (Å²) in [6.07, 6.45) is 3.11. The van der Waals surface area contributed by atoms with Crippen molar-refractivity contribution in [3.05, 3.63) is 29.6 Å². The van der Waals surface area contributed by atoms with Gasteiger partial charge in [-0.1, -0.05) is 13.0 Å². The Bertz CT molecular complexity index is 367. The summed E-state index contributed by atoms with van der Waals surface area (Å²) in [6.45, 7) is 2.04. The summed E-state index contributed by atoms with van der Waals surface area (Å²) in [4.78, 5) is 3.98. The number of rotatable bonds is 3. The van der Waals surface area contributed by atoms with Crippen LogP contribution in [-0.2, 0) is 0 Å². The van der Waals surface area contributed by atoms with Crippen LogP contribution in [0.5, 0.6) is 0 Å². The van der Waals surface area contributed by atoms with Crippen LogP contribution in [0, 0.1) is 22.7 Å². The number of nitrogens with zero attached hydrogens (tertiary/aromatic N) is 3. The van der Waals surface area contributed by atoms with Crippen LogP contribution in [0.4, 0.5) is 0 Å². The van der Waals surface area contributed by atoms with Crippen molar-refractivity contribution in [1.29, 1.82) is 10.5 Å². The second-order valence-corrected chi connectivity index (χ2v) is 3.06. The molecule has 0 fully saturated rings. The molecule has 1 aromatic rings. The molecule has 0 aromatic carbocycles. The number of aromatic nitrogens is 1. The molecule has 0 aliphatic carbocycles. The van der Waals surface area contributed by atoms with E-state index in [2.05, 4.69) is 11.1 Å². The minimum atomic E-state index is 0.236. The van der Waals surface area contributed by atoms with E-state index in [-0.39, 0.29) is 5.92 Å². The third-order valence-corrected chi connectivity index (χ3v) is 2.20. The highest BCUT2D eigenvalue weighted by Crippen LogP contribution is 2.21. The minimum absolute atomic E-state index is 0.236. The molecule has 1 rings (SSSR count). The van der Waals surface area contributed by atoms with Crippen molar-refractivity contribution in [3.63, 3.8) is 0 Å². The van der Waals surface area contributed by atoms with Gasteiger partial charge < -0.3 is 0 Å². The molecule has 1 aromatic heterocycles. The molecule has 3 nitrogen and oxygen atoms in total. The molecule has 14 heavy (non-hydrogen) atoms. The first-order valence-electron chi connectivity index (χ1n) is 4.54. The average molecular weight is 185 g/mol. The Morgan fingerprint density at radius 3 is 2.64 bits per heavy atom. The molecule has 0 radical (unpaired) electrons. The van der Waals surface area contributed by atoms with Gasteiger partial charge >= 0.3 is 0 Å². The largest absolute Gasteiger partial charge is 0.245 e. The standard InChI is InChI=1S/C11H11N3/c1-2-9(5-6-12)10-3-4-11(7-13)14-8-10/h3-4,8-9H,2,5H2,1H3.